The maximum atomic E-state index is 13.2. The van der Waals surface area contributed by atoms with Gasteiger partial charge in [0.1, 0.15) is 11.2 Å². The predicted octanol–water partition coefficient (Wildman–Crippen LogP) is 5.13. The standard InChI is InChI=1S/C29H23NO5/c1-29(28(33)35-3,21-13-11-19-16-23(34-2)14-12-18(19)15-21)20-7-6-8-22(17-20)30-26(31)24-9-4-5-10-25(24)27(30)32/h4-17H,1-3H3. The van der Waals surface area contributed by atoms with E-state index < -0.39 is 11.4 Å². The largest absolute Gasteiger partial charge is 0.497 e. The van der Waals surface area contributed by atoms with Gasteiger partial charge in [-0.2, -0.15) is 0 Å². The van der Waals surface area contributed by atoms with E-state index in [2.05, 4.69) is 0 Å². The Morgan fingerprint density at radius 2 is 1.37 bits per heavy atom. The number of anilines is 1. The topological polar surface area (TPSA) is 72.9 Å². The molecular weight excluding hydrogens is 442 g/mol. The van der Waals surface area contributed by atoms with Crippen molar-refractivity contribution in [3.8, 4) is 5.75 Å². The van der Waals surface area contributed by atoms with Gasteiger partial charge < -0.3 is 9.47 Å². The molecule has 0 aliphatic carbocycles. The number of ether oxygens (including phenoxy) is 2. The summed E-state index contributed by atoms with van der Waals surface area (Å²) in [6, 6.07) is 25.2. The first-order chi connectivity index (χ1) is 16.9. The average Bonchev–Trinajstić information content (AvgIpc) is 3.16. The van der Waals surface area contributed by atoms with E-state index in [4.69, 9.17) is 9.47 Å². The van der Waals surface area contributed by atoms with Gasteiger partial charge in [0.2, 0.25) is 0 Å². The smallest absolute Gasteiger partial charge is 0.320 e. The number of nitrogens with zero attached hydrogens (tertiary/aromatic N) is 1. The maximum absolute atomic E-state index is 13.2. The molecule has 6 heteroatoms. The molecule has 35 heavy (non-hydrogen) atoms. The SMILES string of the molecule is COC(=O)C(C)(c1cccc(N2C(=O)c3ccccc3C2=O)c1)c1ccc2cc(OC)ccc2c1. The highest BCUT2D eigenvalue weighted by Gasteiger charge is 2.41. The van der Waals surface area contributed by atoms with Gasteiger partial charge >= 0.3 is 5.97 Å². The first-order valence-electron chi connectivity index (χ1n) is 11.1. The maximum Gasteiger partial charge on any atom is 0.320 e. The number of carbonyl (C=O) groups excluding carboxylic acids is 3. The fourth-order valence-electron chi connectivity index (χ4n) is 4.65. The normalized spacial score (nSPS) is 14.5. The lowest BCUT2D eigenvalue weighted by Crippen LogP contribution is -2.36. The Labute approximate surface area is 202 Å². The van der Waals surface area contributed by atoms with Crippen LogP contribution in [-0.2, 0) is 14.9 Å². The van der Waals surface area contributed by atoms with Crippen LogP contribution in [0.15, 0.2) is 84.9 Å². The molecular formula is C29H23NO5. The van der Waals surface area contributed by atoms with E-state index in [1.165, 1.54) is 7.11 Å². The first kappa shape index (κ1) is 22.3. The monoisotopic (exact) mass is 465 g/mol. The highest BCUT2D eigenvalue weighted by Crippen LogP contribution is 2.38. The van der Waals surface area contributed by atoms with Gasteiger partial charge in [-0.15, -0.1) is 0 Å². The fourth-order valence-corrected chi connectivity index (χ4v) is 4.65. The number of esters is 1. The van der Waals surface area contributed by atoms with Gasteiger partial charge in [-0.05, 0) is 71.3 Å². The van der Waals surface area contributed by atoms with Gasteiger partial charge in [-0.25, -0.2) is 4.90 Å². The first-order valence-corrected chi connectivity index (χ1v) is 11.1. The molecule has 0 aromatic heterocycles. The quantitative estimate of drug-likeness (QED) is 0.302. The van der Waals surface area contributed by atoms with Gasteiger partial charge in [0, 0.05) is 0 Å². The van der Waals surface area contributed by atoms with Crippen molar-refractivity contribution in [3.05, 3.63) is 107 Å². The van der Waals surface area contributed by atoms with Crippen molar-refractivity contribution in [1.82, 2.24) is 0 Å². The molecule has 0 saturated heterocycles. The summed E-state index contributed by atoms with van der Waals surface area (Å²) in [5.74, 6) is -0.483. The predicted molar refractivity (Wildman–Crippen MR) is 133 cm³/mol. The van der Waals surface area contributed by atoms with E-state index in [0.717, 1.165) is 27.0 Å². The summed E-state index contributed by atoms with van der Waals surface area (Å²) in [6.45, 7) is 1.78. The number of benzene rings is 4. The van der Waals surface area contributed by atoms with E-state index in [0.29, 0.717) is 22.4 Å². The van der Waals surface area contributed by atoms with E-state index in [-0.39, 0.29) is 11.8 Å². The van der Waals surface area contributed by atoms with Crippen LogP contribution in [0.5, 0.6) is 5.75 Å². The molecule has 6 nitrogen and oxygen atoms in total. The van der Waals surface area contributed by atoms with Crippen LogP contribution >= 0.6 is 0 Å². The zero-order valence-corrected chi connectivity index (χ0v) is 19.6. The van der Waals surface area contributed by atoms with Crippen molar-refractivity contribution >= 4 is 34.2 Å². The van der Waals surface area contributed by atoms with Crippen LogP contribution < -0.4 is 9.64 Å². The summed E-state index contributed by atoms with van der Waals surface area (Å²) in [7, 11) is 2.96. The van der Waals surface area contributed by atoms with E-state index >= 15 is 0 Å². The Morgan fingerprint density at radius 1 is 0.743 bits per heavy atom. The second-order valence-corrected chi connectivity index (χ2v) is 8.59. The minimum atomic E-state index is -1.18. The van der Waals surface area contributed by atoms with Crippen LogP contribution in [0, 0.1) is 0 Å². The fraction of sp³-hybridized carbons (Fsp3) is 0.138. The molecule has 0 bridgehead atoms. The Bertz CT molecular complexity index is 1470. The van der Waals surface area contributed by atoms with E-state index in [1.807, 2.05) is 36.4 Å². The molecule has 0 radical (unpaired) electrons. The Hall–Kier alpha value is -4.45. The molecule has 0 saturated carbocycles. The van der Waals surface area contributed by atoms with Gasteiger partial charge in [0.25, 0.3) is 11.8 Å². The van der Waals surface area contributed by atoms with E-state index in [1.54, 1.807) is 62.6 Å². The molecule has 0 N–H and O–H groups in total. The molecule has 4 aromatic rings. The number of carbonyl (C=O) groups is 3. The third kappa shape index (κ3) is 3.46. The third-order valence-electron chi connectivity index (χ3n) is 6.69. The molecule has 0 fully saturated rings. The Balaban J connectivity index is 1.62. The molecule has 0 spiro atoms. The molecule has 1 aliphatic heterocycles. The molecule has 1 unspecified atom stereocenters. The molecule has 1 aliphatic rings. The lowest BCUT2D eigenvalue weighted by Gasteiger charge is -2.29. The average molecular weight is 466 g/mol. The molecule has 174 valence electrons. The van der Waals surface area contributed by atoms with Crippen LogP contribution in [0.3, 0.4) is 0 Å². The molecule has 4 aromatic carbocycles. The van der Waals surface area contributed by atoms with Crippen LogP contribution in [0.4, 0.5) is 5.69 Å². The summed E-state index contributed by atoms with van der Waals surface area (Å²) in [4.78, 5) is 40.4. The Morgan fingerprint density at radius 3 is 2.03 bits per heavy atom. The number of hydrogen-bond donors (Lipinski definition) is 0. The third-order valence-corrected chi connectivity index (χ3v) is 6.69. The minimum absolute atomic E-state index is 0.364. The highest BCUT2D eigenvalue weighted by molar-refractivity contribution is 6.34. The zero-order chi connectivity index (χ0) is 24.7. The van der Waals surface area contributed by atoms with Crippen molar-refractivity contribution in [1.29, 1.82) is 0 Å². The molecule has 5 rings (SSSR count). The summed E-state index contributed by atoms with van der Waals surface area (Å²) < 4.78 is 10.5. The molecule has 1 atom stereocenters. The van der Waals surface area contributed by atoms with Crippen LogP contribution in [0.25, 0.3) is 10.8 Å². The lowest BCUT2D eigenvalue weighted by atomic mass is 9.75. The lowest BCUT2D eigenvalue weighted by molar-refractivity contribution is -0.145. The Kier molecular flexibility index (Phi) is 5.36. The van der Waals surface area contributed by atoms with Gasteiger partial charge in [-0.1, -0.05) is 42.5 Å². The van der Waals surface area contributed by atoms with Crippen LogP contribution in [0.2, 0.25) is 0 Å². The van der Waals surface area contributed by atoms with Crippen molar-refractivity contribution < 1.29 is 23.9 Å². The number of methoxy groups -OCH3 is 2. The minimum Gasteiger partial charge on any atom is -0.497 e. The van der Waals surface area contributed by atoms with Gasteiger partial charge in [0.15, 0.2) is 0 Å². The van der Waals surface area contributed by atoms with E-state index in [9.17, 15) is 14.4 Å². The van der Waals surface area contributed by atoms with Crippen molar-refractivity contribution in [3.63, 3.8) is 0 Å². The van der Waals surface area contributed by atoms with Crippen molar-refractivity contribution in [2.24, 2.45) is 0 Å². The summed E-state index contributed by atoms with van der Waals surface area (Å²) >= 11 is 0. The summed E-state index contributed by atoms with van der Waals surface area (Å²) in [5, 5.41) is 1.91. The van der Waals surface area contributed by atoms with Gasteiger partial charge in [-0.3, -0.25) is 14.4 Å². The zero-order valence-electron chi connectivity index (χ0n) is 19.6. The second kappa shape index (κ2) is 8.40. The second-order valence-electron chi connectivity index (χ2n) is 8.59. The van der Waals surface area contributed by atoms with Crippen molar-refractivity contribution in [2.75, 3.05) is 19.1 Å². The summed E-state index contributed by atoms with van der Waals surface area (Å²) in [5.41, 5.74) is 1.27. The van der Waals surface area contributed by atoms with Crippen molar-refractivity contribution in [2.45, 2.75) is 12.3 Å². The van der Waals surface area contributed by atoms with Gasteiger partial charge in [0.05, 0.1) is 31.0 Å². The van der Waals surface area contributed by atoms with Crippen LogP contribution in [-0.4, -0.2) is 32.0 Å². The molecule has 2 amide bonds. The summed E-state index contributed by atoms with van der Waals surface area (Å²) in [6.07, 6.45) is 0. The highest BCUT2D eigenvalue weighted by atomic mass is 16.5. The number of rotatable bonds is 5. The number of amides is 2. The number of fused-ring (bicyclic) bond motifs is 2. The molecule has 1 heterocycles. The van der Waals surface area contributed by atoms with Crippen LogP contribution in [0.1, 0.15) is 38.8 Å². The number of imide groups is 1. The number of hydrogen-bond acceptors (Lipinski definition) is 5.